The Morgan fingerprint density at radius 1 is 1.40 bits per heavy atom. The number of aromatic nitrogens is 3. The van der Waals surface area contributed by atoms with Crippen molar-refractivity contribution < 1.29 is 0 Å². The molecule has 3 aromatic heterocycles. The highest BCUT2D eigenvalue weighted by Crippen LogP contribution is 2.35. The largest absolute Gasteiger partial charge is 0.290 e. The molecule has 4 nitrogen and oxygen atoms in total. The van der Waals surface area contributed by atoms with Crippen LogP contribution in [0.15, 0.2) is 24.5 Å². The number of hydrogen-bond acceptors (Lipinski definition) is 4. The quantitative estimate of drug-likeness (QED) is 0.725. The van der Waals surface area contributed by atoms with Crippen LogP contribution in [0, 0.1) is 11.3 Å². The fourth-order valence-electron chi connectivity index (χ4n) is 2.91. The van der Waals surface area contributed by atoms with E-state index >= 15 is 0 Å². The lowest BCUT2D eigenvalue weighted by molar-refractivity contribution is 0.877. The SMILES string of the molecule is N#CCc1c(-c2cccnc2)nc2sc3c(n12)CCC3. The topological polar surface area (TPSA) is 54.0 Å². The van der Waals surface area contributed by atoms with Gasteiger partial charge in [0.1, 0.15) is 0 Å². The first kappa shape index (κ1) is 11.6. The first-order valence-electron chi connectivity index (χ1n) is 6.67. The van der Waals surface area contributed by atoms with Crippen LogP contribution in [-0.2, 0) is 19.3 Å². The fourth-order valence-corrected chi connectivity index (χ4v) is 4.13. The fraction of sp³-hybridized carbons (Fsp3) is 0.267. The smallest absolute Gasteiger partial charge is 0.194 e. The first-order valence-corrected chi connectivity index (χ1v) is 7.49. The summed E-state index contributed by atoms with van der Waals surface area (Å²) in [6.45, 7) is 0. The summed E-state index contributed by atoms with van der Waals surface area (Å²) in [5.41, 5.74) is 4.26. The Morgan fingerprint density at radius 3 is 3.15 bits per heavy atom. The Labute approximate surface area is 120 Å². The maximum absolute atomic E-state index is 9.15. The molecule has 5 heteroatoms. The zero-order chi connectivity index (χ0) is 13.5. The van der Waals surface area contributed by atoms with Gasteiger partial charge < -0.3 is 0 Å². The number of thiazole rings is 1. The molecule has 1 aliphatic rings. The van der Waals surface area contributed by atoms with Crippen LogP contribution in [-0.4, -0.2) is 14.4 Å². The number of nitriles is 1. The standard InChI is InChI=1S/C15H12N4S/c16-7-6-12-14(10-3-2-8-17-9-10)18-15-19(12)11-4-1-5-13(11)20-15/h2-3,8-9H,1,4-6H2. The van der Waals surface area contributed by atoms with Crippen LogP contribution in [0.3, 0.4) is 0 Å². The van der Waals surface area contributed by atoms with Crippen LogP contribution < -0.4 is 0 Å². The molecule has 0 unspecified atom stereocenters. The Bertz CT molecular complexity index is 823. The highest BCUT2D eigenvalue weighted by atomic mass is 32.1. The molecule has 4 rings (SSSR count). The second kappa shape index (κ2) is 4.43. The van der Waals surface area contributed by atoms with Gasteiger partial charge >= 0.3 is 0 Å². The minimum absolute atomic E-state index is 0.383. The van der Waals surface area contributed by atoms with Gasteiger partial charge in [0.25, 0.3) is 0 Å². The molecule has 3 heterocycles. The molecule has 98 valence electrons. The van der Waals surface area contributed by atoms with E-state index < -0.39 is 0 Å². The van der Waals surface area contributed by atoms with E-state index in [-0.39, 0.29) is 0 Å². The van der Waals surface area contributed by atoms with Gasteiger partial charge in [-0.25, -0.2) is 4.98 Å². The highest BCUT2D eigenvalue weighted by molar-refractivity contribution is 7.17. The Hall–Kier alpha value is -2.19. The summed E-state index contributed by atoms with van der Waals surface area (Å²) in [4.78, 5) is 11.4. The van der Waals surface area contributed by atoms with Gasteiger partial charge in [0.2, 0.25) is 0 Å². The zero-order valence-corrected chi connectivity index (χ0v) is 11.7. The Kier molecular flexibility index (Phi) is 2.57. The minimum Gasteiger partial charge on any atom is -0.290 e. The summed E-state index contributed by atoms with van der Waals surface area (Å²) in [6, 6.07) is 6.18. The lowest BCUT2D eigenvalue weighted by Crippen LogP contribution is -1.96. The van der Waals surface area contributed by atoms with Crippen molar-refractivity contribution >= 4 is 16.3 Å². The lowest BCUT2D eigenvalue weighted by Gasteiger charge is -2.02. The van der Waals surface area contributed by atoms with Gasteiger partial charge in [-0.1, -0.05) is 0 Å². The summed E-state index contributed by atoms with van der Waals surface area (Å²) < 4.78 is 2.21. The lowest BCUT2D eigenvalue weighted by atomic mass is 10.1. The summed E-state index contributed by atoms with van der Waals surface area (Å²) in [7, 11) is 0. The number of rotatable bonds is 2. The zero-order valence-electron chi connectivity index (χ0n) is 10.8. The third-order valence-corrected chi connectivity index (χ3v) is 4.89. The van der Waals surface area contributed by atoms with E-state index in [4.69, 9.17) is 10.2 Å². The molecule has 0 aliphatic heterocycles. The minimum atomic E-state index is 0.383. The van der Waals surface area contributed by atoms with Crippen LogP contribution in [0.2, 0.25) is 0 Å². The Balaban J connectivity index is 2.00. The van der Waals surface area contributed by atoms with Crippen LogP contribution >= 0.6 is 11.3 Å². The number of fused-ring (bicyclic) bond motifs is 3. The number of hydrogen-bond donors (Lipinski definition) is 0. The molecule has 3 aromatic rings. The molecule has 1 aliphatic carbocycles. The van der Waals surface area contributed by atoms with Gasteiger partial charge in [0, 0.05) is 28.5 Å². The van der Waals surface area contributed by atoms with Gasteiger partial charge in [0.05, 0.1) is 23.9 Å². The normalized spacial score (nSPS) is 13.6. The van der Waals surface area contributed by atoms with Crippen molar-refractivity contribution in [3.8, 4) is 17.3 Å². The van der Waals surface area contributed by atoms with Gasteiger partial charge in [0.15, 0.2) is 4.96 Å². The third kappa shape index (κ3) is 1.58. The predicted molar refractivity (Wildman–Crippen MR) is 77.6 cm³/mol. The predicted octanol–water partition coefficient (Wildman–Crippen LogP) is 3.01. The second-order valence-corrected chi connectivity index (χ2v) is 5.99. The van der Waals surface area contributed by atoms with Gasteiger partial charge in [-0.3, -0.25) is 9.38 Å². The van der Waals surface area contributed by atoms with Crippen LogP contribution in [0.25, 0.3) is 16.2 Å². The van der Waals surface area contributed by atoms with E-state index in [2.05, 4.69) is 15.5 Å². The summed E-state index contributed by atoms with van der Waals surface area (Å²) in [5.74, 6) is 0. The summed E-state index contributed by atoms with van der Waals surface area (Å²) in [6.07, 6.45) is 7.41. The van der Waals surface area contributed by atoms with Crippen molar-refractivity contribution in [2.45, 2.75) is 25.7 Å². The van der Waals surface area contributed by atoms with Crippen LogP contribution in [0.5, 0.6) is 0 Å². The maximum atomic E-state index is 9.15. The highest BCUT2D eigenvalue weighted by Gasteiger charge is 2.23. The van der Waals surface area contributed by atoms with Crippen LogP contribution in [0.4, 0.5) is 0 Å². The molecule has 0 bridgehead atoms. The van der Waals surface area contributed by atoms with Crippen molar-refractivity contribution in [1.29, 1.82) is 5.26 Å². The van der Waals surface area contributed by atoms with E-state index in [0.29, 0.717) is 6.42 Å². The van der Waals surface area contributed by atoms with Gasteiger partial charge in [-0.05, 0) is 31.4 Å². The number of pyridine rings is 1. The maximum Gasteiger partial charge on any atom is 0.194 e. The molecule has 0 spiro atoms. The van der Waals surface area contributed by atoms with E-state index in [0.717, 1.165) is 34.8 Å². The number of aryl methyl sites for hydroxylation is 2. The van der Waals surface area contributed by atoms with Crippen molar-refractivity contribution in [1.82, 2.24) is 14.4 Å². The molecule has 0 aromatic carbocycles. The van der Waals surface area contributed by atoms with Crippen molar-refractivity contribution in [2.75, 3.05) is 0 Å². The first-order chi connectivity index (χ1) is 9.88. The molecular weight excluding hydrogens is 268 g/mol. The molecule has 0 saturated carbocycles. The van der Waals surface area contributed by atoms with Crippen molar-refractivity contribution in [3.05, 3.63) is 40.8 Å². The average Bonchev–Trinajstić information content (AvgIpc) is 3.12. The number of nitrogens with zero attached hydrogens (tertiary/aromatic N) is 4. The summed E-state index contributed by atoms with van der Waals surface area (Å²) >= 11 is 1.76. The molecule has 0 saturated heterocycles. The summed E-state index contributed by atoms with van der Waals surface area (Å²) in [5, 5.41) is 9.15. The molecule has 20 heavy (non-hydrogen) atoms. The van der Waals surface area contributed by atoms with Gasteiger partial charge in [-0.15, -0.1) is 11.3 Å². The van der Waals surface area contributed by atoms with E-state index in [1.807, 2.05) is 18.3 Å². The Morgan fingerprint density at radius 2 is 2.35 bits per heavy atom. The van der Waals surface area contributed by atoms with Crippen molar-refractivity contribution in [2.24, 2.45) is 0 Å². The third-order valence-electron chi connectivity index (χ3n) is 3.75. The average molecular weight is 280 g/mol. The second-order valence-electron chi connectivity index (χ2n) is 4.93. The molecule has 0 atom stereocenters. The van der Waals surface area contributed by atoms with E-state index in [9.17, 15) is 0 Å². The molecule has 0 N–H and O–H groups in total. The number of imidazole rings is 1. The molecule has 0 radical (unpaired) electrons. The van der Waals surface area contributed by atoms with Crippen LogP contribution in [0.1, 0.15) is 22.7 Å². The molecular formula is C15H12N4S. The molecule has 0 fully saturated rings. The van der Waals surface area contributed by atoms with E-state index in [1.165, 1.54) is 17.0 Å². The van der Waals surface area contributed by atoms with Gasteiger partial charge in [-0.2, -0.15) is 5.26 Å². The van der Waals surface area contributed by atoms with E-state index in [1.54, 1.807) is 17.5 Å². The van der Waals surface area contributed by atoms with Crippen molar-refractivity contribution in [3.63, 3.8) is 0 Å². The molecule has 0 amide bonds. The monoisotopic (exact) mass is 280 g/mol.